The van der Waals surface area contributed by atoms with Crippen molar-refractivity contribution in [3.05, 3.63) is 52.7 Å². The third-order valence-electron chi connectivity index (χ3n) is 4.15. The standard InChI is InChI=1S/C19H23BrN4O2/c1-23(2)12-5-13-24-15-7-4-3-6-14(15)22-18(24)10-11-21-19(25)16-8-9-17(20)26-16/h3-4,6-9H,5,10-13H2,1-2H3,(H,21,25). The van der Waals surface area contributed by atoms with Gasteiger partial charge >= 0.3 is 0 Å². The molecule has 0 bridgehead atoms. The van der Waals surface area contributed by atoms with Crippen LogP contribution < -0.4 is 5.32 Å². The van der Waals surface area contributed by atoms with Crippen molar-refractivity contribution in [3.63, 3.8) is 0 Å². The van der Waals surface area contributed by atoms with E-state index in [1.807, 2.05) is 18.2 Å². The summed E-state index contributed by atoms with van der Waals surface area (Å²) in [5.41, 5.74) is 2.14. The molecule has 3 aromatic rings. The smallest absolute Gasteiger partial charge is 0.287 e. The number of halogens is 1. The number of carbonyl (C=O) groups excluding carboxylic acids is 1. The SMILES string of the molecule is CN(C)CCCn1c(CCNC(=O)c2ccc(Br)o2)nc2ccccc21. The van der Waals surface area contributed by atoms with Crippen LogP contribution in [0.3, 0.4) is 0 Å². The van der Waals surface area contributed by atoms with Crippen LogP contribution in [0.1, 0.15) is 22.8 Å². The zero-order chi connectivity index (χ0) is 18.5. The molecule has 1 aromatic carbocycles. The lowest BCUT2D eigenvalue weighted by molar-refractivity contribution is 0.0925. The van der Waals surface area contributed by atoms with Crippen LogP contribution in [0.25, 0.3) is 11.0 Å². The number of benzene rings is 1. The minimum atomic E-state index is -0.217. The first-order valence-corrected chi connectivity index (χ1v) is 9.46. The molecule has 0 radical (unpaired) electrons. The molecule has 6 nitrogen and oxygen atoms in total. The maximum absolute atomic E-state index is 12.1. The van der Waals surface area contributed by atoms with Crippen molar-refractivity contribution in [1.82, 2.24) is 19.8 Å². The van der Waals surface area contributed by atoms with Gasteiger partial charge in [0.05, 0.1) is 11.0 Å². The number of imidazole rings is 1. The van der Waals surface area contributed by atoms with Crippen LogP contribution in [0.2, 0.25) is 0 Å². The number of nitrogens with one attached hydrogen (secondary N) is 1. The zero-order valence-electron chi connectivity index (χ0n) is 15.0. The molecule has 0 unspecified atom stereocenters. The third-order valence-corrected chi connectivity index (χ3v) is 4.58. The van der Waals surface area contributed by atoms with E-state index in [1.165, 1.54) is 0 Å². The van der Waals surface area contributed by atoms with Crippen molar-refractivity contribution in [2.24, 2.45) is 0 Å². The maximum Gasteiger partial charge on any atom is 0.287 e. The van der Waals surface area contributed by atoms with Gasteiger partial charge in [0.15, 0.2) is 10.4 Å². The third kappa shape index (κ3) is 4.53. The number of nitrogens with zero attached hydrogens (tertiary/aromatic N) is 3. The number of fused-ring (bicyclic) bond motifs is 1. The van der Waals surface area contributed by atoms with E-state index in [1.54, 1.807) is 12.1 Å². The van der Waals surface area contributed by atoms with Crippen LogP contribution >= 0.6 is 15.9 Å². The highest BCUT2D eigenvalue weighted by Gasteiger charge is 2.13. The van der Waals surface area contributed by atoms with E-state index >= 15 is 0 Å². The molecular weight excluding hydrogens is 396 g/mol. The van der Waals surface area contributed by atoms with Gasteiger partial charge in [0, 0.05) is 19.5 Å². The van der Waals surface area contributed by atoms with Crippen molar-refractivity contribution < 1.29 is 9.21 Å². The first-order chi connectivity index (χ1) is 12.5. The van der Waals surface area contributed by atoms with Gasteiger partial charge in [-0.2, -0.15) is 0 Å². The van der Waals surface area contributed by atoms with Crippen LogP contribution in [-0.4, -0.2) is 47.5 Å². The quantitative estimate of drug-likeness (QED) is 0.609. The lowest BCUT2D eigenvalue weighted by Gasteiger charge is -2.12. The van der Waals surface area contributed by atoms with E-state index < -0.39 is 0 Å². The second-order valence-corrected chi connectivity index (χ2v) is 7.22. The van der Waals surface area contributed by atoms with E-state index in [4.69, 9.17) is 9.40 Å². The van der Waals surface area contributed by atoms with Crippen molar-refractivity contribution in [2.75, 3.05) is 27.2 Å². The summed E-state index contributed by atoms with van der Waals surface area (Å²) >= 11 is 3.21. The van der Waals surface area contributed by atoms with Crippen molar-refractivity contribution >= 4 is 32.9 Å². The fourth-order valence-corrected chi connectivity index (χ4v) is 3.23. The van der Waals surface area contributed by atoms with E-state index in [9.17, 15) is 4.79 Å². The Morgan fingerprint density at radius 2 is 2.08 bits per heavy atom. The fourth-order valence-electron chi connectivity index (χ4n) is 2.92. The minimum Gasteiger partial charge on any atom is -0.444 e. The molecule has 138 valence electrons. The van der Waals surface area contributed by atoms with E-state index in [2.05, 4.69) is 50.9 Å². The average Bonchev–Trinajstić information content (AvgIpc) is 3.19. The number of hydrogen-bond acceptors (Lipinski definition) is 4. The van der Waals surface area contributed by atoms with Gasteiger partial charge in [-0.3, -0.25) is 4.79 Å². The molecule has 0 aliphatic heterocycles. The van der Waals surface area contributed by atoms with Gasteiger partial charge in [0.1, 0.15) is 5.82 Å². The number of carbonyl (C=O) groups is 1. The summed E-state index contributed by atoms with van der Waals surface area (Å²) in [6.07, 6.45) is 1.72. The van der Waals surface area contributed by atoms with E-state index in [-0.39, 0.29) is 5.91 Å². The Morgan fingerprint density at radius 1 is 1.27 bits per heavy atom. The fraction of sp³-hybridized carbons (Fsp3) is 0.368. The second kappa shape index (κ2) is 8.51. The molecule has 2 aromatic heterocycles. The second-order valence-electron chi connectivity index (χ2n) is 6.43. The van der Waals surface area contributed by atoms with Crippen molar-refractivity contribution in [3.8, 4) is 0 Å². The lowest BCUT2D eigenvalue weighted by Crippen LogP contribution is -2.26. The first kappa shape index (κ1) is 18.7. The molecule has 26 heavy (non-hydrogen) atoms. The molecular formula is C19H23BrN4O2. The number of amides is 1. The normalized spacial score (nSPS) is 11.4. The van der Waals surface area contributed by atoms with E-state index in [0.29, 0.717) is 23.4 Å². The Hall–Kier alpha value is -2.12. The molecule has 0 aliphatic rings. The minimum absolute atomic E-state index is 0.217. The molecule has 1 N–H and O–H groups in total. The zero-order valence-corrected chi connectivity index (χ0v) is 16.6. The van der Waals surface area contributed by atoms with Crippen LogP contribution in [0.5, 0.6) is 0 Å². The number of rotatable bonds is 8. The Balaban J connectivity index is 1.67. The van der Waals surface area contributed by atoms with Crippen LogP contribution in [0.15, 0.2) is 45.5 Å². The first-order valence-electron chi connectivity index (χ1n) is 8.67. The monoisotopic (exact) mass is 418 g/mol. The van der Waals surface area contributed by atoms with Gasteiger partial charge in [-0.15, -0.1) is 0 Å². The summed E-state index contributed by atoms with van der Waals surface area (Å²) in [5.74, 6) is 1.08. The molecule has 0 aliphatic carbocycles. The number of aromatic nitrogens is 2. The summed E-state index contributed by atoms with van der Waals surface area (Å²) < 4.78 is 8.08. The summed E-state index contributed by atoms with van der Waals surface area (Å²) in [6.45, 7) is 2.44. The van der Waals surface area contributed by atoms with Gasteiger partial charge in [0.25, 0.3) is 5.91 Å². The molecule has 3 rings (SSSR count). The molecule has 0 saturated heterocycles. The van der Waals surface area contributed by atoms with Gasteiger partial charge in [-0.05, 0) is 67.3 Å². The van der Waals surface area contributed by atoms with Crippen LogP contribution in [0.4, 0.5) is 0 Å². The molecule has 0 fully saturated rings. The topological polar surface area (TPSA) is 63.3 Å². The molecule has 0 spiro atoms. The number of aryl methyl sites for hydroxylation is 1. The van der Waals surface area contributed by atoms with Crippen LogP contribution in [0, 0.1) is 0 Å². The highest BCUT2D eigenvalue weighted by Crippen LogP contribution is 2.17. The summed E-state index contributed by atoms with van der Waals surface area (Å²) in [7, 11) is 4.16. The molecule has 1 amide bonds. The van der Waals surface area contributed by atoms with Gasteiger partial charge in [-0.1, -0.05) is 12.1 Å². The molecule has 2 heterocycles. The summed E-state index contributed by atoms with van der Waals surface area (Å²) in [5, 5.41) is 2.89. The number of para-hydroxylation sites is 2. The molecule has 0 saturated carbocycles. The maximum atomic E-state index is 12.1. The Bertz CT molecular complexity index is 885. The Kier molecular flexibility index (Phi) is 6.11. The molecule has 0 atom stereocenters. The van der Waals surface area contributed by atoms with Gasteiger partial charge in [0.2, 0.25) is 0 Å². The van der Waals surface area contributed by atoms with Gasteiger partial charge < -0.3 is 19.2 Å². The lowest BCUT2D eigenvalue weighted by atomic mass is 10.3. The molecule has 7 heteroatoms. The average molecular weight is 419 g/mol. The predicted octanol–water partition coefficient (Wildman–Crippen LogP) is 3.32. The Morgan fingerprint density at radius 3 is 2.81 bits per heavy atom. The predicted molar refractivity (Wildman–Crippen MR) is 105 cm³/mol. The van der Waals surface area contributed by atoms with Crippen LogP contribution in [-0.2, 0) is 13.0 Å². The van der Waals surface area contributed by atoms with Crippen molar-refractivity contribution in [1.29, 1.82) is 0 Å². The van der Waals surface area contributed by atoms with E-state index in [0.717, 1.165) is 36.4 Å². The summed E-state index contributed by atoms with van der Waals surface area (Å²) in [4.78, 5) is 19.0. The highest BCUT2D eigenvalue weighted by molar-refractivity contribution is 9.10. The Labute approximate surface area is 161 Å². The van der Waals surface area contributed by atoms with Crippen molar-refractivity contribution in [2.45, 2.75) is 19.4 Å². The number of furan rings is 1. The highest BCUT2D eigenvalue weighted by atomic mass is 79.9. The largest absolute Gasteiger partial charge is 0.444 e. The number of hydrogen-bond donors (Lipinski definition) is 1. The van der Waals surface area contributed by atoms with Gasteiger partial charge in [-0.25, -0.2) is 4.98 Å². The summed E-state index contributed by atoms with van der Waals surface area (Å²) in [6, 6.07) is 11.5.